The minimum Gasteiger partial charge on any atom is -0.312 e. The topological polar surface area (TPSA) is 88.4 Å². The van der Waals surface area contributed by atoms with Crippen molar-refractivity contribution in [1.82, 2.24) is 9.88 Å². The van der Waals surface area contributed by atoms with Gasteiger partial charge in [-0.1, -0.05) is 19.1 Å². The molecule has 6 rings (SSSR count). The van der Waals surface area contributed by atoms with E-state index in [0.717, 1.165) is 56.5 Å². The monoisotopic (exact) mass is 556 g/mol. The van der Waals surface area contributed by atoms with E-state index in [2.05, 4.69) is 23.2 Å². The van der Waals surface area contributed by atoms with E-state index in [-0.39, 0.29) is 24.0 Å². The van der Waals surface area contributed by atoms with Crippen LogP contribution in [0.2, 0.25) is 0 Å². The Bertz CT molecular complexity index is 1590. The summed E-state index contributed by atoms with van der Waals surface area (Å²) in [6, 6.07) is 14.5. The standard InChI is InChI=1S/C25H20N4O3S3.ClH/c1-2-28-10-9-16-21(13-28)35-25(22(16)24-26-17-5-3-4-6-19(17)34-24)27-23(30)20-12-14-11-15(29(31)32)7-8-18(14)33-20;/h3-8,11-12H,2,9-10,13H2,1H3,(H,27,30);1H. The molecule has 1 amide bonds. The van der Waals surface area contributed by atoms with Crippen molar-refractivity contribution in [3.05, 3.63) is 74.0 Å². The lowest BCUT2D eigenvalue weighted by Crippen LogP contribution is -2.29. The maximum atomic E-state index is 13.3. The molecule has 4 heterocycles. The maximum absolute atomic E-state index is 13.3. The number of para-hydroxylation sites is 1. The van der Waals surface area contributed by atoms with Crippen molar-refractivity contribution in [2.45, 2.75) is 19.9 Å². The number of carbonyl (C=O) groups excluding carboxylic acids is 1. The Balaban J connectivity index is 0.00000267. The van der Waals surface area contributed by atoms with Gasteiger partial charge in [-0.2, -0.15) is 0 Å². The SMILES string of the molecule is CCN1CCc2c(sc(NC(=O)c3cc4cc([N+](=O)[O-])ccc4s3)c2-c2nc3ccccc3s2)C1.Cl. The summed E-state index contributed by atoms with van der Waals surface area (Å²) in [5, 5.41) is 16.7. The van der Waals surface area contributed by atoms with Gasteiger partial charge in [0.15, 0.2) is 0 Å². The van der Waals surface area contributed by atoms with Gasteiger partial charge in [-0.3, -0.25) is 19.8 Å². The molecule has 1 aliphatic heterocycles. The van der Waals surface area contributed by atoms with E-state index >= 15 is 0 Å². The van der Waals surface area contributed by atoms with Crippen LogP contribution < -0.4 is 5.32 Å². The van der Waals surface area contributed by atoms with Crippen LogP contribution in [0.15, 0.2) is 48.5 Å². The van der Waals surface area contributed by atoms with Gasteiger partial charge in [0.1, 0.15) is 10.0 Å². The van der Waals surface area contributed by atoms with Gasteiger partial charge in [-0.25, -0.2) is 4.98 Å². The van der Waals surface area contributed by atoms with Gasteiger partial charge in [-0.05, 0) is 42.8 Å². The van der Waals surface area contributed by atoms with Crippen LogP contribution in [0.25, 0.3) is 30.9 Å². The van der Waals surface area contributed by atoms with E-state index in [1.54, 1.807) is 34.8 Å². The van der Waals surface area contributed by atoms with Gasteiger partial charge in [0.25, 0.3) is 11.6 Å². The van der Waals surface area contributed by atoms with Gasteiger partial charge in [-0.15, -0.1) is 46.4 Å². The highest BCUT2D eigenvalue weighted by atomic mass is 35.5. The number of halogens is 1. The molecule has 3 aromatic heterocycles. The van der Waals surface area contributed by atoms with Crippen LogP contribution in [0.4, 0.5) is 10.7 Å². The number of hydrogen-bond donors (Lipinski definition) is 1. The number of nitro groups is 1. The maximum Gasteiger partial charge on any atom is 0.270 e. The number of fused-ring (bicyclic) bond motifs is 3. The molecule has 0 saturated heterocycles. The lowest BCUT2D eigenvalue weighted by molar-refractivity contribution is -0.384. The number of rotatable bonds is 5. The van der Waals surface area contributed by atoms with Crippen molar-refractivity contribution in [3.8, 4) is 10.6 Å². The number of amides is 1. The first-order valence-electron chi connectivity index (χ1n) is 11.2. The molecule has 0 saturated carbocycles. The van der Waals surface area contributed by atoms with Crippen LogP contribution in [-0.2, 0) is 13.0 Å². The first-order valence-corrected chi connectivity index (χ1v) is 13.7. The molecule has 184 valence electrons. The van der Waals surface area contributed by atoms with Crippen molar-refractivity contribution in [2.75, 3.05) is 18.4 Å². The summed E-state index contributed by atoms with van der Waals surface area (Å²) in [7, 11) is 0. The molecule has 0 bridgehead atoms. The van der Waals surface area contributed by atoms with Crippen LogP contribution in [0.3, 0.4) is 0 Å². The number of carbonyl (C=O) groups is 1. The molecule has 1 N–H and O–H groups in total. The number of non-ortho nitro benzene ring substituents is 1. The number of hydrogen-bond acceptors (Lipinski definition) is 8. The zero-order chi connectivity index (χ0) is 24.1. The molecule has 36 heavy (non-hydrogen) atoms. The van der Waals surface area contributed by atoms with E-state index in [1.807, 2.05) is 18.2 Å². The molecular formula is C25H21ClN4O3S3. The van der Waals surface area contributed by atoms with Crippen LogP contribution in [-0.4, -0.2) is 33.8 Å². The summed E-state index contributed by atoms with van der Waals surface area (Å²) >= 11 is 4.62. The minimum absolute atomic E-state index is 0. The summed E-state index contributed by atoms with van der Waals surface area (Å²) in [5.41, 5.74) is 3.29. The summed E-state index contributed by atoms with van der Waals surface area (Å²) in [6.07, 6.45) is 0.924. The Morgan fingerprint density at radius 2 is 1.97 bits per heavy atom. The fraction of sp³-hybridized carbons (Fsp3) is 0.200. The predicted octanol–water partition coefficient (Wildman–Crippen LogP) is 7.20. The number of anilines is 1. The van der Waals surface area contributed by atoms with Gasteiger partial charge in [0, 0.05) is 45.7 Å². The molecule has 0 radical (unpaired) electrons. The number of nitrogens with zero attached hydrogens (tertiary/aromatic N) is 3. The molecule has 5 aromatic rings. The third kappa shape index (κ3) is 4.39. The lowest BCUT2D eigenvalue weighted by atomic mass is 10.0. The highest BCUT2D eigenvalue weighted by Gasteiger charge is 2.28. The Kier molecular flexibility index (Phi) is 6.80. The number of thiazole rings is 1. The zero-order valence-electron chi connectivity index (χ0n) is 19.1. The quantitative estimate of drug-likeness (QED) is 0.183. The molecule has 1 aliphatic rings. The fourth-order valence-corrected chi connectivity index (χ4v) is 7.77. The summed E-state index contributed by atoms with van der Waals surface area (Å²) in [5.74, 6) is -0.206. The second kappa shape index (κ2) is 9.87. The second-order valence-corrected chi connectivity index (χ2v) is 11.6. The van der Waals surface area contributed by atoms with Gasteiger partial charge >= 0.3 is 0 Å². The number of aromatic nitrogens is 1. The molecular weight excluding hydrogens is 536 g/mol. The number of likely N-dealkylation sites (N-methyl/N-ethyl adjacent to an activating group) is 1. The smallest absolute Gasteiger partial charge is 0.270 e. The molecule has 0 aliphatic carbocycles. The summed E-state index contributed by atoms with van der Waals surface area (Å²) in [6.45, 7) is 5.02. The van der Waals surface area contributed by atoms with Crippen molar-refractivity contribution in [1.29, 1.82) is 0 Å². The van der Waals surface area contributed by atoms with E-state index in [4.69, 9.17) is 4.98 Å². The van der Waals surface area contributed by atoms with Crippen molar-refractivity contribution in [3.63, 3.8) is 0 Å². The normalized spacial score (nSPS) is 13.5. The molecule has 0 spiro atoms. The van der Waals surface area contributed by atoms with Crippen LogP contribution in [0.5, 0.6) is 0 Å². The Morgan fingerprint density at radius 3 is 2.75 bits per heavy atom. The first-order chi connectivity index (χ1) is 17.0. The van der Waals surface area contributed by atoms with Crippen molar-refractivity contribution < 1.29 is 9.72 Å². The average molecular weight is 557 g/mol. The van der Waals surface area contributed by atoms with Gasteiger partial charge in [0.05, 0.1) is 20.0 Å². The Morgan fingerprint density at radius 1 is 1.14 bits per heavy atom. The molecule has 0 atom stereocenters. The fourth-order valence-electron chi connectivity index (χ4n) is 4.44. The molecule has 7 nitrogen and oxygen atoms in total. The average Bonchev–Trinajstić information content (AvgIpc) is 3.56. The number of thiophene rings is 2. The number of nitrogens with one attached hydrogen (secondary N) is 1. The van der Waals surface area contributed by atoms with E-state index in [0.29, 0.717) is 10.3 Å². The van der Waals surface area contributed by atoms with Gasteiger partial charge in [0.2, 0.25) is 0 Å². The van der Waals surface area contributed by atoms with Gasteiger partial charge < -0.3 is 5.32 Å². The molecule has 11 heteroatoms. The lowest BCUT2D eigenvalue weighted by Gasteiger charge is -2.25. The number of benzene rings is 2. The summed E-state index contributed by atoms with van der Waals surface area (Å²) in [4.78, 5) is 33.2. The zero-order valence-corrected chi connectivity index (χ0v) is 22.4. The highest BCUT2D eigenvalue weighted by Crippen LogP contribution is 2.46. The van der Waals surface area contributed by atoms with E-state index < -0.39 is 4.92 Å². The summed E-state index contributed by atoms with van der Waals surface area (Å²) < 4.78 is 1.97. The van der Waals surface area contributed by atoms with Crippen LogP contribution >= 0.6 is 46.4 Å². The Hall–Kier alpha value is -2.89. The second-order valence-electron chi connectivity index (χ2n) is 8.36. The van der Waals surface area contributed by atoms with Crippen LogP contribution in [0, 0.1) is 10.1 Å². The molecule has 0 unspecified atom stereocenters. The Labute approximate surface area is 225 Å². The molecule has 0 fully saturated rings. The first kappa shape index (κ1) is 24.8. The van der Waals surface area contributed by atoms with Crippen molar-refractivity contribution >= 4 is 83.3 Å². The molecule has 2 aromatic carbocycles. The van der Waals surface area contributed by atoms with E-state index in [1.165, 1.54) is 33.9 Å². The third-order valence-electron chi connectivity index (χ3n) is 6.25. The third-order valence-corrected chi connectivity index (χ3v) is 9.55. The number of nitro benzene ring substituents is 1. The largest absolute Gasteiger partial charge is 0.312 e. The highest BCUT2D eigenvalue weighted by molar-refractivity contribution is 7.23. The van der Waals surface area contributed by atoms with Crippen LogP contribution in [0.1, 0.15) is 27.0 Å². The minimum atomic E-state index is -0.420. The predicted molar refractivity (Wildman–Crippen MR) is 151 cm³/mol. The van der Waals surface area contributed by atoms with E-state index in [9.17, 15) is 14.9 Å². The van der Waals surface area contributed by atoms with Crippen molar-refractivity contribution in [2.24, 2.45) is 0 Å².